The molecule has 0 spiro atoms. The third kappa shape index (κ3) is 4.31. The van der Waals surface area contributed by atoms with Crippen LogP contribution in [-0.2, 0) is 6.54 Å². The Labute approximate surface area is 178 Å². The number of hydrogen-bond donors (Lipinski definition) is 0. The summed E-state index contributed by atoms with van der Waals surface area (Å²) in [7, 11) is 1.56. The molecule has 30 heavy (non-hydrogen) atoms. The van der Waals surface area contributed by atoms with Crippen LogP contribution in [0, 0.1) is 6.92 Å². The van der Waals surface area contributed by atoms with Gasteiger partial charge in [-0.2, -0.15) is 0 Å². The van der Waals surface area contributed by atoms with Gasteiger partial charge in [-0.15, -0.1) is 10.2 Å². The minimum absolute atomic E-state index is 0.0258. The molecule has 4 rings (SSSR count). The first-order valence-electron chi connectivity index (χ1n) is 9.47. The highest BCUT2D eigenvalue weighted by molar-refractivity contribution is 7.99. The standard InChI is InChI=1S/C23H21N3O3S/c1-16-7-5-8-17(13-16)22-24-25-23(26(22)14-18-9-6-12-29-18)30-15-20(27)19-10-3-4-11-21(19)28-2/h3-13H,14-15H2,1-2H3. The summed E-state index contributed by atoms with van der Waals surface area (Å²) < 4.78 is 12.8. The first-order chi connectivity index (χ1) is 14.7. The maximum absolute atomic E-state index is 12.8. The number of furan rings is 1. The highest BCUT2D eigenvalue weighted by Gasteiger charge is 2.18. The van der Waals surface area contributed by atoms with Crippen LogP contribution >= 0.6 is 11.8 Å². The summed E-state index contributed by atoms with van der Waals surface area (Å²) in [5, 5.41) is 9.43. The van der Waals surface area contributed by atoms with Gasteiger partial charge in [0.2, 0.25) is 0 Å². The van der Waals surface area contributed by atoms with E-state index in [9.17, 15) is 4.79 Å². The van der Waals surface area contributed by atoms with Gasteiger partial charge in [0.05, 0.1) is 31.2 Å². The van der Waals surface area contributed by atoms with Crippen molar-refractivity contribution in [3.05, 3.63) is 83.8 Å². The Kier molecular flexibility index (Phi) is 5.99. The number of hydrogen-bond acceptors (Lipinski definition) is 6. The number of ketones is 1. The number of rotatable bonds is 8. The monoisotopic (exact) mass is 419 g/mol. The molecule has 0 atom stereocenters. The molecule has 2 aromatic carbocycles. The number of Topliss-reactive ketones (excluding diaryl/α,β-unsaturated/α-hetero) is 1. The molecule has 7 heteroatoms. The Bertz CT molecular complexity index is 1150. The molecular weight excluding hydrogens is 398 g/mol. The van der Waals surface area contributed by atoms with E-state index in [2.05, 4.69) is 16.3 Å². The number of para-hydroxylation sites is 1. The molecule has 0 fully saturated rings. The quantitative estimate of drug-likeness (QED) is 0.299. The van der Waals surface area contributed by atoms with E-state index in [-0.39, 0.29) is 11.5 Å². The molecule has 2 aromatic heterocycles. The fourth-order valence-corrected chi connectivity index (χ4v) is 4.00. The van der Waals surface area contributed by atoms with Crippen LogP contribution in [0.5, 0.6) is 5.75 Å². The van der Waals surface area contributed by atoms with Crippen molar-refractivity contribution in [1.82, 2.24) is 14.8 Å². The van der Waals surface area contributed by atoms with Crippen LogP contribution in [0.15, 0.2) is 76.5 Å². The van der Waals surface area contributed by atoms with Crippen LogP contribution in [0.1, 0.15) is 21.7 Å². The molecule has 0 N–H and O–H groups in total. The number of ether oxygens (including phenoxy) is 1. The van der Waals surface area contributed by atoms with Crippen molar-refractivity contribution in [1.29, 1.82) is 0 Å². The second kappa shape index (κ2) is 9.00. The number of thioether (sulfide) groups is 1. The molecule has 0 aliphatic rings. The molecule has 0 unspecified atom stereocenters. The van der Waals surface area contributed by atoms with E-state index < -0.39 is 0 Å². The van der Waals surface area contributed by atoms with Crippen molar-refractivity contribution >= 4 is 17.5 Å². The largest absolute Gasteiger partial charge is 0.496 e. The predicted octanol–water partition coefficient (Wildman–Crippen LogP) is 4.88. The van der Waals surface area contributed by atoms with Gasteiger partial charge in [-0.3, -0.25) is 9.36 Å². The normalized spacial score (nSPS) is 10.9. The average Bonchev–Trinajstić information content (AvgIpc) is 3.42. The smallest absolute Gasteiger partial charge is 0.192 e. The Hall–Kier alpha value is -3.32. The predicted molar refractivity (Wildman–Crippen MR) is 116 cm³/mol. The lowest BCUT2D eigenvalue weighted by atomic mass is 10.1. The van der Waals surface area contributed by atoms with E-state index in [1.54, 1.807) is 25.5 Å². The summed E-state index contributed by atoms with van der Waals surface area (Å²) in [6.07, 6.45) is 1.64. The molecule has 0 aliphatic heterocycles. The van der Waals surface area contributed by atoms with Crippen LogP contribution in [0.4, 0.5) is 0 Å². The van der Waals surface area contributed by atoms with Gasteiger partial charge >= 0.3 is 0 Å². The Morgan fingerprint density at radius 2 is 1.97 bits per heavy atom. The van der Waals surface area contributed by atoms with Gasteiger partial charge in [0.15, 0.2) is 16.8 Å². The van der Waals surface area contributed by atoms with Crippen molar-refractivity contribution in [3.8, 4) is 17.1 Å². The summed E-state index contributed by atoms with van der Waals surface area (Å²) in [5.74, 6) is 2.30. The van der Waals surface area contributed by atoms with Crippen LogP contribution in [0.25, 0.3) is 11.4 Å². The van der Waals surface area contributed by atoms with E-state index >= 15 is 0 Å². The molecule has 152 valence electrons. The lowest BCUT2D eigenvalue weighted by Crippen LogP contribution is -2.08. The third-order valence-corrected chi connectivity index (χ3v) is 5.59. The van der Waals surface area contributed by atoms with Crippen LogP contribution in [0.2, 0.25) is 0 Å². The average molecular weight is 420 g/mol. The molecular formula is C23H21N3O3S. The first-order valence-corrected chi connectivity index (χ1v) is 10.5. The maximum Gasteiger partial charge on any atom is 0.192 e. The van der Waals surface area contributed by atoms with Crippen LogP contribution in [0.3, 0.4) is 0 Å². The number of methoxy groups -OCH3 is 1. The summed E-state index contributed by atoms with van der Waals surface area (Å²) in [6, 6.07) is 19.1. The summed E-state index contributed by atoms with van der Waals surface area (Å²) in [6.45, 7) is 2.52. The van der Waals surface area contributed by atoms with E-state index in [0.29, 0.717) is 23.0 Å². The van der Waals surface area contributed by atoms with E-state index in [1.165, 1.54) is 11.8 Å². The minimum Gasteiger partial charge on any atom is -0.496 e. The molecule has 2 heterocycles. The minimum atomic E-state index is -0.0258. The Balaban J connectivity index is 1.62. The van der Waals surface area contributed by atoms with Crippen molar-refractivity contribution in [3.63, 3.8) is 0 Å². The summed E-state index contributed by atoms with van der Waals surface area (Å²) >= 11 is 1.35. The lowest BCUT2D eigenvalue weighted by molar-refractivity contribution is 0.101. The van der Waals surface area contributed by atoms with Crippen molar-refractivity contribution < 1.29 is 13.9 Å². The fraction of sp³-hybridized carbons (Fsp3) is 0.174. The molecule has 4 aromatic rings. The molecule has 6 nitrogen and oxygen atoms in total. The molecule has 0 saturated heterocycles. The molecule has 0 saturated carbocycles. The maximum atomic E-state index is 12.8. The SMILES string of the molecule is COc1ccccc1C(=O)CSc1nnc(-c2cccc(C)c2)n1Cc1ccco1. The van der Waals surface area contributed by atoms with Crippen LogP contribution in [-0.4, -0.2) is 33.4 Å². The number of nitrogens with zero attached hydrogens (tertiary/aromatic N) is 3. The highest BCUT2D eigenvalue weighted by atomic mass is 32.2. The van der Waals surface area contributed by atoms with Gasteiger partial charge in [0.1, 0.15) is 11.5 Å². The number of benzene rings is 2. The highest BCUT2D eigenvalue weighted by Crippen LogP contribution is 2.27. The summed E-state index contributed by atoms with van der Waals surface area (Å²) in [4.78, 5) is 12.8. The number of carbonyl (C=O) groups is 1. The second-order valence-electron chi connectivity index (χ2n) is 6.75. The molecule has 0 aliphatic carbocycles. The van der Waals surface area contributed by atoms with Gasteiger partial charge in [0, 0.05) is 5.56 Å². The van der Waals surface area contributed by atoms with E-state index in [0.717, 1.165) is 22.7 Å². The van der Waals surface area contributed by atoms with Gasteiger partial charge in [-0.1, -0.05) is 47.7 Å². The van der Waals surface area contributed by atoms with Crippen molar-refractivity contribution in [2.75, 3.05) is 12.9 Å². The van der Waals surface area contributed by atoms with Crippen molar-refractivity contribution in [2.45, 2.75) is 18.6 Å². The topological polar surface area (TPSA) is 70.2 Å². The second-order valence-corrected chi connectivity index (χ2v) is 7.70. The van der Waals surface area contributed by atoms with Crippen LogP contribution < -0.4 is 4.74 Å². The van der Waals surface area contributed by atoms with Gasteiger partial charge < -0.3 is 9.15 Å². The zero-order valence-electron chi connectivity index (χ0n) is 16.7. The zero-order valence-corrected chi connectivity index (χ0v) is 17.6. The first kappa shape index (κ1) is 20.0. The van der Waals surface area contributed by atoms with Gasteiger partial charge in [-0.05, 0) is 37.3 Å². The Morgan fingerprint density at radius 1 is 1.10 bits per heavy atom. The third-order valence-electron chi connectivity index (χ3n) is 4.63. The zero-order chi connectivity index (χ0) is 20.9. The van der Waals surface area contributed by atoms with E-state index in [4.69, 9.17) is 9.15 Å². The fourth-order valence-electron chi connectivity index (χ4n) is 3.18. The number of carbonyl (C=O) groups excluding carboxylic acids is 1. The molecule has 0 amide bonds. The van der Waals surface area contributed by atoms with Gasteiger partial charge in [0.25, 0.3) is 0 Å². The lowest BCUT2D eigenvalue weighted by Gasteiger charge is -2.10. The number of aromatic nitrogens is 3. The van der Waals surface area contributed by atoms with Gasteiger partial charge in [-0.25, -0.2) is 0 Å². The Morgan fingerprint density at radius 3 is 2.73 bits per heavy atom. The summed E-state index contributed by atoms with van der Waals surface area (Å²) in [5.41, 5.74) is 2.67. The molecule has 0 radical (unpaired) electrons. The molecule has 0 bridgehead atoms. The number of aryl methyl sites for hydroxylation is 1. The van der Waals surface area contributed by atoms with E-state index in [1.807, 2.05) is 54.0 Å². The van der Waals surface area contributed by atoms with Crippen molar-refractivity contribution in [2.24, 2.45) is 0 Å².